The van der Waals surface area contributed by atoms with Gasteiger partial charge in [0, 0.05) is 44.8 Å². The third kappa shape index (κ3) is 6.84. The van der Waals surface area contributed by atoms with E-state index in [2.05, 4.69) is 15.9 Å². The zero-order chi connectivity index (χ0) is 25.6. The van der Waals surface area contributed by atoms with Crippen LogP contribution >= 0.6 is 15.9 Å². The molecule has 2 rings (SSSR count). The molecule has 0 radical (unpaired) electrons. The summed E-state index contributed by atoms with van der Waals surface area (Å²) in [5.41, 5.74) is 0.168. The molecule has 5 atom stereocenters. The quantitative estimate of drug-likeness (QED) is 0.368. The molecular formula is C22H26BrNO10. The van der Waals surface area contributed by atoms with Crippen LogP contribution in [-0.2, 0) is 42.9 Å². The Balaban J connectivity index is 2.58. The molecule has 12 heteroatoms. The van der Waals surface area contributed by atoms with Crippen LogP contribution in [0.15, 0.2) is 28.7 Å². The molecule has 1 aliphatic rings. The maximum atomic E-state index is 13.4. The SMILES string of the molecule is CO[C@H]1O[C@H](COC(C)=O)[C@H](OC(C)=O)[C@H](OC(C)=O)[C@H]1N(C(C)=O)C(=O)c1ccc(Br)cc1. The fraction of sp³-hybridized carbons (Fsp3) is 0.500. The Morgan fingerprint density at radius 3 is 1.94 bits per heavy atom. The molecule has 2 amide bonds. The molecule has 0 spiro atoms. The molecule has 34 heavy (non-hydrogen) atoms. The highest BCUT2D eigenvalue weighted by molar-refractivity contribution is 9.10. The van der Waals surface area contributed by atoms with Crippen LogP contribution in [0.1, 0.15) is 38.1 Å². The first kappa shape index (κ1) is 27.4. The molecule has 0 bridgehead atoms. The number of esters is 3. The lowest BCUT2D eigenvalue weighted by Gasteiger charge is -2.47. The number of rotatable bonds is 7. The predicted molar refractivity (Wildman–Crippen MR) is 118 cm³/mol. The van der Waals surface area contributed by atoms with Crippen molar-refractivity contribution in [1.82, 2.24) is 4.90 Å². The van der Waals surface area contributed by atoms with Crippen molar-refractivity contribution in [2.75, 3.05) is 13.7 Å². The second kappa shape index (κ2) is 12.0. The van der Waals surface area contributed by atoms with E-state index >= 15 is 0 Å². The first-order valence-electron chi connectivity index (χ1n) is 10.2. The monoisotopic (exact) mass is 543 g/mol. The van der Waals surface area contributed by atoms with Crippen LogP contribution in [0, 0.1) is 0 Å². The van der Waals surface area contributed by atoms with E-state index in [1.807, 2.05) is 0 Å². The minimum Gasteiger partial charge on any atom is -0.463 e. The largest absolute Gasteiger partial charge is 0.463 e. The van der Waals surface area contributed by atoms with E-state index in [1.165, 1.54) is 26.2 Å². The summed E-state index contributed by atoms with van der Waals surface area (Å²) in [4.78, 5) is 62.1. The molecule has 1 aliphatic heterocycles. The minimum absolute atomic E-state index is 0.168. The Bertz CT molecular complexity index is 934. The molecule has 1 aromatic carbocycles. The maximum Gasteiger partial charge on any atom is 0.303 e. The Labute approximate surface area is 204 Å². The Morgan fingerprint density at radius 1 is 0.912 bits per heavy atom. The number of benzene rings is 1. The fourth-order valence-corrected chi connectivity index (χ4v) is 3.84. The van der Waals surface area contributed by atoms with Gasteiger partial charge in [-0.3, -0.25) is 28.9 Å². The van der Waals surface area contributed by atoms with Crippen molar-refractivity contribution in [3.63, 3.8) is 0 Å². The molecule has 11 nitrogen and oxygen atoms in total. The molecule has 0 aromatic heterocycles. The topological polar surface area (TPSA) is 135 Å². The first-order valence-corrected chi connectivity index (χ1v) is 11.0. The van der Waals surface area contributed by atoms with Gasteiger partial charge in [0.25, 0.3) is 5.91 Å². The van der Waals surface area contributed by atoms with Gasteiger partial charge in [0.1, 0.15) is 18.8 Å². The van der Waals surface area contributed by atoms with Crippen molar-refractivity contribution in [2.24, 2.45) is 0 Å². The first-order chi connectivity index (χ1) is 16.0. The van der Waals surface area contributed by atoms with Gasteiger partial charge in [-0.2, -0.15) is 0 Å². The molecule has 0 N–H and O–H groups in total. The molecule has 186 valence electrons. The normalized spacial score (nSPS) is 24.0. The third-order valence-corrected chi connectivity index (χ3v) is 5.38. The van der Waals surface area contributed by atoms with Crippen molar-refractivity contribution in [2.45, 2.75) is 58.3 Å². The Hall–Kier alpha value is -2.83. The maximum absolute atomic E-state index is 13.4. The average molecular weight is 544 g/mol. The van der Waals surface area contributed by atoms with Gasteiger partial charge in [0.2, 0.25) is 5.91 Å². The standard InChI is InChI=1S/C22H26BrNO10/c1-11(25)24(21(29)15-6-8-16(23)9-7-15)18-20(33-14(4)28)19(32-13(3)27)17(10-31-12(2)26)34-22(18)30-5/h6-9,17-20,22H,10H2,1-5H3/t17-,18-,19+,20-,22+/m1/s1. The van der Waals surface area contributed by atoms with E-state index in [0.717, 1.165) is 30.1 Å². The summed E-state index contributed by atoms with van der Waals surface area (Å²) in [6.45, 7) is 4.21. The number of nitrogens with zero attached hydrogens (tertiary/aromatic N) is 1. The van der Waals surface area contributed by atoms with Crippen LogP contribution in [0.25, 0.3) is 0 Å². The van der Waals surface area contributed by atoms with Gasteiger partial charge < -0.3 is 23.7 Å². The van der Waals surface area contributed by atoms with Crippen LogP contribution < -0.4 is 0 Å². The molecular weight excluding hydrogens is 518 g/mol. The van der Waals surface area contributed by atoms with Crippen LogP contribution in [0.4, 0.5) is 0 Å². The number of halogens is 1. The highest BCUT2D eigenvalue weighted by Gasteiger charge is 2.54. The summed E-state index contributed by atoms with van der Waals surface area (Å²) in [6, 6.07) is 4.91. The van der Waals surface area contributed by atoms with Gasteiger partial charge in [0.05, 0.1) is 0 Å². The van der Waals surface area contributed by atoms with E-state index in [4.69, 9.17) is 23.7 Å². The van der Waals surface area contributed by atoms with Crippen LogP contribution in [0.5, 0.6) is 0 Å². The highest BCUT2D eigenvalue weighted by atomic mass is 79.9. The lowest BCUT2D eigenvalue weighted by Crippen LogP contribution is -2.68. The minimum atomic E-state index is -1.39. The van der Waals surface area contributed by atoms with Crippen molar-refractivity contribution < 1.29 is 47.7 Å². The number of ether oxygens (including phenoxy) is 5. The second-order valence-corrected chi connectivity index (χ2v) is 8.34. The number of carbonyl (C=O) groups excluding carboxylic acids is 5. The summed E-state index contributed by atoms with van der Waals surface area (Å²) >= 11 is 3.28. The van der Waals surface area contributed by atoms with Crippen LogP contribution in [0.2, 0.25) is 0 Å². The zero-order valence-corrected chi connectivity index (χ0v) is 20.9. The van der Waals surface area contributed by atoms with E-state index < -0.39 is 60.4 Å². The molecule has 1 saturated heterocycles. The van der Waals surface area contributed by atoms with Gasteiger partial charge in [0.15, 0.2) is 18.5 Å². The highest BCUT2D eigenvalue weighted by Crippen LogP contribution is 2.32. The number of hydrogen-bond acceptors (Lipinski definition) is 10. The van der Waals surface area contributed by atoms with E-state index in [-0.39, 0.29) is 12.2 Å². The van der Waals surface area contributed by atoms with E-state index in [1.54, 1.807) is 12.1 Å². The van der Waals surface area contributed by atoms with Gasteiger partial charge in [-0.05, 0) is 24.3 Å². The summed E-state index contributed by atoms with van der Waals surface area (Å²) in [7, 11) is 1.26. The zero-order valence-electron chi connectivity index (χ0n) is 19.3. The molecule has 0 unspecified atom stereocenters. The van der Waals surface area contributed by atoms with Crippen molar-refractivity contribution >= 4 is 45.7 Å². The second-order valence-electron chi connectivity index (χ2n) is 7.42. The summed E-state index contributed by atoms with van der Waals surface area (Å²) in [5.74, 6) is -3.55. The molecule has 1 fully saturated rings. The number of carbonyl (C=O) groups is 5. The number of imide groups is 1. The van der Waals surface area contributed by atoms with Gasteiger partial charge in [-0.25, -0.2) is 0 Å². The average Bonchev–Trinajstić information content (AvgIpc) is 2.74. The van der Waals surface area contributed by atoms with Gasteiger partial charge in [-0.1, -0.05) is 15.9 Å². The molecule has 0 saturated carbocycles. The molecule has 1 aromatic rings. The number of amides is 2. The summed E-state index contributed by atoms with van der Waals surface area (Å²) < 4.78 is 27.8. The predicted octanol–water partition coefficient (Wildman–Crippen LogP) is 1.60. The Morgan fingerprint density at radius 2 is 1.47 bits per heavy atom. The number of hydrogen-bond donors (Lipinski definition) is 0. The lowest BCUT2D eigenvalue weighted by molar-refractivity contribution is -0.281. The molecule has 0 aliphatic carbocycles. The van der Waals surface area contributed by atoms with Crippen molar-refractivity contribution in [3.8, 4) is 0 Å². The lowest BCUT2D eigenvalue weighted by atomic mass is 9.94. The van der Waals surface area contributed by atoms with Crippen LogP contribution in [-0.4, -0.2) is 79.0 Å². The van der Waals surface area contributed by atoms with Crippen LogP contribution in [0.3, 0.4) is 0 Å². The number of methoxy groups -OCH3 is 1. The third-order valence-electron chi connectivity index (χ3n) is 4.85. The Kier molecular flexibility index (Phi) is 9.71. The van der Waals surface area contributed by atoms with Gasteiger partial charge >= 0.3 is 17.9 Å². The van der Waals surface area contributed by atoms with Gasteiger partial charge in [-0.15, -0.1) is 0 Å². The van der Waals surface area contributed by atoms with E-state index in [9.17, 15) is 24.0 Å². The van der Waals surface area contributed by atoms with Crippen molar-refractivity contribution in [1.29, 1.82) is 0 Å². The summed E-state index contributed by atoms with van der Waals surface area (Å²) in [6.07, 6.45) is -5.13. The smallest absolute Gasteiger partial charge is 0.303 e. The summed E-state index contributed by atoms with van der Waals surface area (Å²) in [5, 5.41) is 0. The fourth-order valence-electron chi connectivity index (χ4n) is 3.57. The van der Waals surface area contributed by atoms with Crippen molar-refractivity contribution in [3.05, 3.63) is 34.3 Å². The molecule has 1 heterocycles. The van der Waals surface area contributed by atoms with E-state index in [0.29, 0.717) is 0 Å².